The van der Waals surface area contributed by atoms with Crippen LogP contribution in [0.1, 0.15) is 16.8 Å². The Labute approximate surface area is 140 Å². The molecule has 3 rings (SSSR count). The maximum atomic E-state index is 12.6. The molecule has 2 aromatic carbocycles. The van der Waals surface area contributed by atoms with E-state index in [1.165, 1.54) is 0 Å². The summed E-state index contributed by atoms with van der Waals surface area (Å²) >= 11 is 5.91. The van der Waals surface area contributed by atoms with Crippen LogP contribution in [0.5, 0.6) is 0 Å². The Morgan fingerprint density at radius 1 is 1.09 bits per heavy atom. The third-order valence-electron chi connectivity index (χ3n) is 4.01. The Balaban J connectivity index is 1.77. The van der Waals surface area contributed by atoms with E-state index in [1.807, 2.05) is 0 Å². The van der Waals surface area contributed by atoms with Crippen molar-refractivity contribution in [2.24, 2.45) is 0 Å². The van der Waals surface area contributed by atoms with Crippen molar-refractivity contribution in [3.05, 3.63) is 65.2 Å². The van der Waals surface area contributed by atoms with Gasteiger partial charge in [0.05, 0.1) is 10.1 Å². The molecule has 1 aliphatic heterocycles. The number of rotatable bonds is 3. The van der Waals surface area contributed by atoms with E-state index in [4.69, 9.17) is 11.6 Å². The molecule has 1 fully saturated rings. The van der Waals surface area contributed by atoms with Gasteiger partial charge >= 0.3 is 0 Å². The Bertz CT molecular complexity index is 821. The normalized spacial score (nSPS) is 18.1. The quantitative estimate of drug-likeness (QED) is 0.855. The van der Waals surface area contributed by atoms with Crippen LogP contribution in [0.4, 0.5) is 0 Å². The van der Waals surface area contributed by atoms with Gasteiger partial charge in [-0.25, -0.2) is 8.42 Å². The van der Waals surface area contributed by atoms with Crippen molar-refractivity contribution < 1.29 is 13.2 Å². The van der Waals surface area contributed by atoms with Crippen molar-refractivity contribution in [1.82, 2.24) is 4.90 Å². The Morgan fingerprint density at radius 3 is 2.52 bits per heavy atom. The molecule has 0 bridgehead atoms. The van der Waals surface area contributed by atoms with Crippen LogP contribution in [-0.2, 0) is 9.84 Å². The maximum absolute atomic E-state index is 12.6. The van der Waals surface area contributed by atoms with Crippen LogP contribution in [0.25, 0.3) is 0 Å². The van der Waals surface area contributed by atoms with Gasteiger partial charge in [-0.15, -0.1) is 0 Å². The Hall–Kier alpha value is -1.85. The molecule has 23 heavy (non-hydrogen) atoms. The lowest BCUT2D eigenvalue weighted by Gasteiger charge is -2.17. The summed E-state index contributed by atoms with van der Waals surface area (Å²) in [6.07, 6.45) is 0.448. The maximum Gasteiger partial charge on any atom is 0.253 e. The molecule has 1 heterocycles. The second-order valence-corrected chi connectivity index (χ2v) is 8.19. The first kappa shape index (κ1) is 16.0. The summed E-state index contributed by atoms with van der Waals surface area (Å²) in [6, 6.07) is 15.1. The largest absolute Gasteiger partial charge is 0.337 e. The zero-order valence-corrected chi connectivity index (χ0v) is 13.9. The second-order valence-electron chi connectivity index (χ2n) is 5.53. The minimum Gasteiger partial charge on any atom is -0.337 e. The van der Waals surface area contributed by atoms with Crippen LogP contribution in [0.3, 0.4) is 0 Å². The average molecular weight is 350 g/mol. The fourth-order valence-electron chi connectivity index (χ4n) is 2.77. The molecule has 0 saturated carbocycles. The van der Waals surface area contributed by atoms with Crippen molar-refractivity contribution in [2.75, 3.05) is 13.1 Å². The number of hydrogen-bond acceptors (Lipinski definition) is 3. The minimum atomic E-state index is -3.42. The molecule has 6 heteroatoms. The molecule has 0 aromatic heterocycles. The van der Waals surface area contributed by atoms with Gasteiger partial charge in [0.15, 0.2) is 9.84 Å². The summed E-state index contributed by atoms with van der Waals surface area (Å²) in [5.41, 5.74) is 0.482. The Morgan fingerprint density at radius 2 is 1.83 bits per heavy atom. The first-order valence-electron chi connectivity index (χ1n) is 7.32. The number of benzene rings is 2. The highest BCUT2D eigenvalue weighted by molar-refractivity contribution is 7.92. The summed E-state index contributed by atoms with van der Waals surface area (Å²) < 4.78 is 25.3. The summed E-state index contributed by atoms with van der Waals surface area (Å²) in [5.74, 6) is -0.182. The zero-order chi connectivity index (χ0) is 16.4. The van der Waals surface area contributed by atoms with E-state index >= 15 is 0 Å². The fraction of sp³-hybridized carbons (Fsp3) is 0.235. The van der Waals surface area contributed by atoms with E-state index in [9.17, 15) is 13.2 Å². The summed E-state index contributed by atoms with van der Waals surface area (Å²) in [6.45, 7) is 0.644. The lowest BCUT2D eigenvalue weighted by atomic mass is 10.2. The third-order valence-corrected chi connectivity index (χ3v) is 6.44. The van der Waals surface area contributed by atoms with Crippen molar-refractivity contribution in [1.29, 1.82) is 0 Å². The predicted octanol–water partition coefficient (Wildman–Crippen LogP) is 3.03. The highest BCUT2D eigenvalue weighted by Crippen LogP contribution is 2.25. The molecule has 0 N–H and O–H groups in total. The molecule has 0 radical (unpaired) electrons. The van der Waals surface area contributed by atoms with E-state index in [2.05, 4.69) is 0 Å². The predicted molar refractivity (Wildman–Crippen MR) is 89.4 cm³/mol. The highest BCUT2D eigenvalue weighted by atomic mass is 35.5. The smallest absolute Gasteiger partial charge is 0.253 e. The van der Waals surface area contributed by atoms with Crippen molar-refractivity contribution >= 4 is 27.3 Å². The van der Waals surface area contributed by atoms with E-state index in [1.54, 1.807) is 59.5 Å². The lowest BCUT2D eigenvalue weighted by Crippen LogP contribution is -2.31. The van der Waals surface area contributed by atoms with Crippen LogP contribution in [0, 0.1) is 0 Å². The van der Waals surface area contributed by atoms with E-state index in [0.717, 1.165) is 0 Å². The number of carbonyl (C=O) groups is 1. The monoisotopic (exact) mass is 349 g/mol. The summed E-state index contributed by atoms with van der Waals surface area (Å²) in [5, 5.41) is -0.0726. The van der Waals surface area contributed by atoms with Crippen molar-refractivity contribution in [3.63, 3.8) is 0 Å². The molecule has 1 atom stereocenters. The van der Waals surface area contributed by atoms with Gasteiger partial charge in [-0.3, -0.25) is 4.79 Å². The molecule has 1 unspecified atom stereocenters. The summed E-state index contributed by atoms with van der Waals surface area (Å²) in [7, 11) is -3.42. The fourth-order valence-corrected chi connectivity index (χ4v) is 4.68. The first-order valence-corrected chi connectivity index (χ1v) is 9.25. The van der Waals surface area contributed by atoms with Crippen molar-refractivity contribution in [3.8, 4) is 0 Å². The third kappa shape index (κ3) is 3.26. The number of hydrogen-bond donors (Lipinski definition) is 0. The lowest BCUT2D eigenvalue weighted by molar-refractivity contribution is 0.0793. The molecule has 1 amide bonds. The number of nitrogens with zero attached hydrogens (tertiary/aromatic N) is 1. The van der Waals surface area contributed by atoms with Gasteiger partial charge in [0.1, 0.15) is 0 Å². The van der Waals surface area contributed by atoms with E-state index in [0.29, 0.717) is 28.4 Å². The molecule has 1 saturated heterocycles. The number of carbonyl (C=O) groups excluding carboxylic acids is 1. The van der Waals surface area contributed by atoms with Gasteiger partial charge in [-0.05, 0) is 36.8 Å². The van der Waals surface area contributed by atoms with Gasteiger partial charge in [-0.1, -0.05) is 35.9 Å². The van der Waals surface area contributed by atoms with Crippen LogP contribution in [0.2, 0.25) is 5.02 Å². The standard InChI is InChI=1S/C17H16ClNO3S/c18-14-6-4-5-13(11-14)17(20)19-10-9-16(12-19)23(21,22)15-7-2-1-3-8-15/h1-8,11,16H,9-10,12H2. The molecule has 1 aliphatic rings. The molecule has 2 aromatic rings. The van der Waals surface area contributed by atoms with Gasteiger partial charge in [0, 0.05) is 23.7 Å². The highest BCUT2D eigenvalue weighted by Gasteiger charge is 2.36. The van der Waals surface area contributed by atoms with Crippen LogP contribution < -0.4 is 0 Å². The molecule has 4 nitrogen and oxygen atoms in total. The first-order chi connectivity index (χ1) is 11.0. The van der Waals surface area contributed by atoms with Crippen LogP contribution >= 0.6 is 11.6 Å². The molecule has 0 aliphatic carbocycles. The molecule has 120 valence electrons. The Kier molecular flexibility index (Phi) is 4.41. The second kappa shape index (κ2) is 6.34. The average Bonchev–Trinajstić information content (AvgIpc) is 3.06. The van der Waals surface area contributed by atoms with Gasteiger partial charge in [0.25, 0.3) is 5.91 Å². The molecular formula is C17H16ClNO3S. The molecular weight excluding hydrogens is 334 g/mol. The van der Waals surface area contributed by atoms with E-state index in [-0.39, 0.29) is 12.5 Å². The van der Waals surface area contributed by atoms with Gasteiger partial charge in [0.2, 0.25) is 0 Å². The SMILES string of the molecule is O=C(c1cccc(Cl)c1)N1CCC(S(=O)(=O)c2ccccc2)C1. The zero-order valence-electron chi connectivity index (χ0n) is 12.4. The van der Waals surface area contributed by atoms with Crippen LogP contribution in [-0.4, -0.2) is 37.6 Å². The van der Waals surface area contributed by atoms with Crippen molar-refractivity contribution in [2.45, 2.75) is 16.6 Å². The van der Waals surface area contributed by atoms with E-state index < -0.39 is 15.1 Å². The number of amides is 1. The van der Waals surface area contributed by atoms with Gasteiger partial charge in [-0.2, -0.15) is 0 Å². The number of sulfone groups is 1. The minimum absolute atomic E-state index is 0.182. The summed E-state index contributed by atoms with van der Waals surface area (Å²) in [4.78, 5) is 14.4. The number of halogens is 1. The number of likely N-dealkylation sites (tertiary alicyclic amines) is 1. The van der Waals surface area contributed by atoms with Crippen LogP contribution in [0.15, 0.2) is 59.5 Å². The molecule has 0 spiro atoms. The van der Waals surface area contributed by atoms with Gasteiger partial charge < -0.3 is 4.90 Å². The topological polar surface area (TPSA) is 54.5 Å².